The molecule has 0 saturated carbocycles. The summed E-state index contributed by atoms with van der Waals surface area (Å²) < 4.78 is 11.1. The number of likely N-dealkylation sites (tertiary alicyclic amines) is 2. The van der Waals surface area contributed by atoms with Crippen LogP contribution in [0.4, 0.5) is 0 Å². The molecule has 3 aliphatic heterocycles. The summed E-state index contributed by atoms with van der Waals surface area (Å²) in [7, 11) is 1.67. The van der Waals surface area contributed by atoms with Gasteiger partial charge in [-0.25, -0.2) is 0 Å². The molecule has 0 N–H and O–H groups in total. The van der Waals surface area contributed by atoms with E-state index in [4.69, 9.17) is 9.47 Å². The van der Waals surface area contributed by atoms with Crippen LogP contribution in [0.2, 0.25) is 0 Å². The maximum absolute atomic E-state index is 12.7. The minimum atomic E-state index is -0.265. The highest BCUT2D eigenvalue weighted by molar-refractivity contribution is 5.90. The highest BCUT2D eigenvalue weighted by atomic mass is 16.5. The number of hydrogen-bond donors (Lipinski definition) is 0. The summed E-state index contributed by atoms with van der Waals surface area (Å²) in [6.45, 7) is 4.56. The first-order chi connectivity index (χ1) is 12.2. The zero-order valence-corrected chi connectivity index (χ0v) is 15.0. The summed E-state index contributed by atoms with van der Waals surface area (Å²) in [4.78, 5) is 17.4. The molecule has 136 valence electrons. The Kier molecular flexibility index (Phi) is 4.80. The third kappa shape index (κ3) is 2.98. The molecular weight excluding hydrogens is 316 g/mol. The molecule has 4 rings (SSSR count). The number of carbonyl (C=O) groups is 1. The molecule has 0 bridgehead atoms. The molecule has 1 aromatic rings. The van der Waals surface area contributed by atoms with E-state index >= 15 is 0 Å². The molecule has 1 atom stereocenters. The van der Waals surface area contributed by atoms with Crippen LogP contribution in [-0.4, -0.2) is 66.8 Å². The number of rotatable bonds is 4. The standard InChI is InChI=1S/C20H28N2O3/c1-24-18-19(23)22(20(18)9-13-25-14-10-20)17-7-11-21(12-8-17)15-16-5-3-2-4-6-16/h2-6,17-18H,7-15H2,1H3. The van der Waals surface area contributed by atoms with Crippen LogP contribution < -0.4 is 0 Å². The summed E-state index contributed by atoms with van der Waals surface area (Å²) in [5, 5.41) is 0. The summed E-state index contributed by atoms with van der Waals surface area (Å²) in [5.74, 6) is 0.186. The van der Waals surface area contributed by atoms with Crippen molar-refractivity contribution in [2.75, 3.05) is 33.4 Å². The Bertz CT molecular complexity index is 592. The number of methoxy groups -OCH3 is 1. The number of ether oxygens (including phenoxy) is 2. The Labute approximate surface area is 149 Å². The van der Waals surface area contributed by atoms with Gasteiger partial charge in [-0.05, 0) is 31.2 Å². The number of carbonyl (C=O) groups excluding carboxylic acids is 1. The zero-order valence-electron chi connectivity index (χ0n) is 15.0. The van der Waals surface area contributed by atoms with E-state index in [1.807, 2.05) is 0 Å². The van der Waals surface area contributed by atoms with Gasteiger partial charge in [0.1, 0.15) is 0 Å². The summed E-state index contributed by atoms with van der Waals surface area (Å²) in [6.07, 6.45) is 3.65. The van der Waals surface area contributed by atoms with Gasteiger partial charge in [-0.15, -0.1) is 0 Å². The van der Waals surface area contributed by atoms with Crippen molar-refractivity contribution in [2.45, 2.75) is 49.9 Å². The molecule has 3 aliphatic rings. The third-order valence-corrected chi connectivity index (χ3v) is 6.20. The van der Waals surface area contributed by atoms with E-state index in [9.17, 15) is 4.79 Å². The molecule has 5 nitrogen and oxygen atoms in total. The molecule has 3 saturated heterocycles. The summed E-state index contributed by atoms with van der Waals surface area (Å²) >= 11 is 0. The third-order valence-electron chi connectivity index (χ3n) is 6.20. The lowest BCUT2D eigenvalue weighted by Crippen LogP contribution is -2.78. The number of hydrogen-bond acceptors (Lipinski definition) is 4. The van der Waals surface area contributed by atoms with Gasteiger partial charge in [-0.1, -0.05) is 30.3 Å². The van der Waals surface area contributed by atoms with Crippen LogP contribution in [0.1, 0.15) is 31.2 Å². The van der Waals surface area contributed by atoms with Crippen LogP contribution in [0.5, 0.6) is 0 Å². The van der Waals surface area contributed by atoms with Crippen molar-refractivity contribution in [3.05, 3.63) is 35.9 Å². The van der Waals surface area contributed by atoms with Crippen molar-refractivity contribution >= 4 is 5.91 Å². The fourth-order valence-electron chi connectivity index (χ4n) is 4.90. The number of nitrogens with zero attached hydrogens (tertiary/aromatic N) is 2. The molecular formula is C20H28N2O3. The molecule has 1 unspecified atom stereocenters. The normalized spacial score (nSPS) is 27.5. The Morgan fingerprint density at radius 1 is 1.16 bits per heavy atom. The predicted octanol–water partition coefficient (Wildman–Crippen LogP) is 2.06. The minimum absolute atomic E-state index is 0.115. The smallest absolute Gasteiger partial charge is 0.254 e. The van der Waals surface area contributed by atoms with Crippen LogP contribution in [0.25, 0.3) is 0 Å². The largest absolute Gasteiger partial charge is 0.381 e. The highest BCUT2D eigenvalue weighted by Crippen LogP contribution is 2.45. The van der Waals surface area contributed by atoms with Gasteiger partial charge >= 0.3 is 0 Å². The number of amides is 1. The average Bonchev–Trinajstić information content (AvgIpc) is 2.65. The molecule has 0 radical (unpaired) electrons. The monoisotopic (exact) mass is 344 g/mol. The Balaban J connectivity index is 1.39. The molecule has 1 aromatic carbocycles. The van der Waals surface area contributed by atoms with Gasteiger partial charge in [0.25, 0.3) is 5.91 Å². The van der Waals surface area contributed by atoms with Crippen LogP contribution >= 0.6 is 0 Å². The minimum Gasteiger partial charge on any atom is -0.381 e. The van der Waals surface area contributed by atoms with E-state index in [0.29, 0.717) is 6.04 Å². The molecule has 0 aromatic heterocycles. The quantitative estimate of drug-likeness (QED) is 0.784. The molecule has 5 heteroatoms. The van der Waals surface area contributed by atoms with E-state index in [0.717, 1.165) is 58.5 Å². The predicted molar refractivity (Wildman–Crippen MR) is 95.2 cm³/mol. The summed E-state index contributed by atoms with van der Waals surface area (Å²) in [6, 6.07) is 11.0. The molecule has 3 fully saturated rings. The van der Waals surface area contributed by atoms with Crippen molar-refractivity contribution in [1.29, 1.82) is 0 Å². The lowest BCUT2D eigenvalue weighted by atomic mass is 9.72. The van der Waals surface area contributed by atoms with Crippen molar-refractivity contribution < 1.29 is 14.3 Å². The van der Waals surface area contributed by atoms with E-state index in [1.165, 1.54) is 5.56 Å². The number of piperidine rings is 1. The van der Waals surface area contributed by atoms with Crippen molar-refractivity contribution in [3.63, 3.8) is 0 Å². The lowest BCUT2D eigenvalue weighted by Gasteiger charge is -2.61. The second-order valence-corrected chi connectivity index (χ2v) is 7.53. The van der Waals surface area contributed by atoms with E-state index in [-0.39, 0.29) is 17.6 Å². The van der Waals surface area contributed by atoms with E-state index in [2.05, 4.69) is 40.1 Å². The second-order valence-electron chi connectivity index (χ2n) is 7.53. The van der Waals surface area contributed by atoms with Crippen LogP contribution in [-0.2, 0) is 20.8 Å². The van der Waals surface area contributed by atoms with E-state index < -0.39 is 0 Å². The van der Waals surface area contributed by atoms with Gasteiger partial charge in [0, 0.05) is 46.0 Å². The first-order valence-electron chi connectivity index (χ1n) is 9.44. The lowest BCUT2D eigenvalue weighted by molar-refractivity contribution is -0.214. The van der Waals surface area contributed by atoms with Gasteiger partial charge < -0.3 is 14.4 Å². The van der Waals surface area contributed by atoms with Gasteiger partial charge in [0.2, 0.25) is 0 Å². The van der Waals surface area contributed by atoms with Crippen molar-refractivity contribution in [3.8, 4) is 0 Å². The SMILES string of the molecule is COC1C(=O)N(C2CCN(Cc3ccccc3)CC2)C12CCOCC2. The first kappa shape index (κ1) is 17.0. The molecule has 1 spiro atoms. The van der Waals surface area contributed by atoms with Gasteiger partial charge in [-0.2, -0.15) is 0 Å². The van der Waals surface area contributed by atoms with Crippen molar-refractivity contribution in [2.24, 2.45) is 0 Å². The summed E-state index contributed by atoms with van der Waals surface area (Å²) in [5.41, 5.74) is 1.25. The van der Waals surface area contributed by atoms with Crippen molar-refractivity contribution in [1.82, 2.24) is 9.80 Å². The topological polar surface area (TPSA) is 42.0 Å². The number of benzene rings is 1. The zero-order chi connectivity index (χ0) is 17.3. The second kappa shape index (κ2) is 7.06. The van der Waals surface area contributed by atoms with Gasteiger partial charge in [0.05, 0.1) is 5.54 Å². The first-order valence-corrected chi connectivity index (χ1v) is 9.44. The van der Waals surface area contributed by atoms with E-state index in [1.54, 1.807) is 7.11 Å². The average molecular weight is 344 g/mol. The number of β-lactam (4-membered cyclic amide) rings is 1. The fourth-order valence-corrected chi connectivity index (χ4v) is 4.90. The van der Waals surface area contributed by atoms with Crippen LogP contribution in [0, 0.1) is 0 Å². The Morgan fingerprint density at radius 3 is 2.48 bits per heavy atom. The molecule has 0 aliphatic carbocycles. The maximum Gasteiger partial charge on any atom is 0.254 e. The van der Waals surface area contributed by atoms with Crippen LogP contribution in [0.15, 0.2) is 30.3 Å². The van der Waals surface area contributed by atoms with Crippen LogP contribution in [0.3, 0.4) is 0 Å². The highest BCUT2D eigenvalue weighted by Gasteiger charge is 2.62. The molecule has 1 amide bonds. The van der Waals surface area contributed by atoms with Gasteiger partial charge in [-0.3, -0.25) is 9.69 Å². The fraction of sp³-hybridized carbons (Fsp3) is 0.650. The molecule has 3 heterocycles. The maximum atomic E-state index is 12.7. The Hall–Kier alpha value is -1.43. The Morgan fingerprint density at radius 2 is 1.84 bits per heavy atom. The molecule has 25 heavy (non-hydrogen) atoms. The van der Waals surface area contributed by atoms with Gasteiger partial charge in [0.15, 0.2) is 6.10 Å².